The van der Waals surface area contributed by atoms with Crippen molar-refractivity contribution in [2.24, 2.45) is 10.2 Å². The molecule has 1 aromatic heterocycles. The Morgan fingerprint density at radius 3 is 2.56 bits per heavy atom. The predicted molar refractivity (Wildman–Crippen MR) is 102 cm³/mol. The highest BCUT2D eigenvalue weighted by Gasteiger charge is 2.09. The van der Waals surface area contributed by atoms with E-state index in [0.717, 1.165) is 28.2 Å². The third-order valence-electron chi connectivity index (χ3n) is 3.71. The Kier molecular flexibility index (Phi) is 4.85. The van der Waals surface area contributed by atoms with Crippen molar-refractivity contribution in [3.63, 3.8) is 0 Å². The molecule has 5 heteroatoms. The molecule has 3 rings (SSSR count). The van der Waals surface area contributed by atoms with E-state index in [4.69, 9.17) is 0 Å². The zero-order valence-corrected chi connectivity index (χ0v) is 13.9. The summed E-state index contributed by atoms with van der Waals surface area (Å²) in [4.78, 5) is 4.28. The van der Waals surface area contributed by atoms with Crippen LogP contribution in [0.2, 0.25) is 0 Å². The van der Waals surface area contributed by atoms with Crippen molar-refractivity contribution in [3.05, 3.63) is 78.6 Å². The lowest BCUT2D eigenvalue weighted by atomic mass is 10.0. The number of benzene rings is 2. The fourth-order valence-electron chi connectivity index (χ4n) is 2.46. The van der Waals surface area contributed by atoms with Crippen LogP contribution >= 0.6 is 0 Å². The summed E-state index contributed by atoms with van der Waals surface area (Å²) < 4.78 is 0. The van der Waals surface area contributed by atoms with Crippen LogP contribution in [0, 0.1) is 0 Å². The lowest BCUT2D eigenvalue weighted by molar-refractivity contribution is 0.477. The number of hydrogen-bond acceptors (Lipinski definition) is 5. The van der Waals surface area contributed by atoms with E-state index >= 15 is 0 Å². The van der Waals surface area contributed by atoms with E-state index in [1.807, 2.05) is 61.5 Å². The molecule has 124 valence electrons. The first-order valence-electron chi connectivity index (χ1n) is 7.81. The van der Waals surface area contributed by atoms with Gasteiger partial charge in [0.15, 0.2) is 0 Å². The Balaban J connectivity index is 1.96. The molecule has 0 atom stereocenters. The molecular weight excluding hydrogens is 312 g/mol. The maximum atomic E-state index is 10.1. The molecular formula is C20H18N4O. The zero-order valence-electron chi connectivity index (χ0n) is 13.9. The maximum absolute atomic E-state index is 10.1. The van der Waals surface area contributed by atoms with Crippen molar-refractivity contribution in [1.29, 1.82) is 0 Å². The molecule has 0 aliphatic rings. The molecule has 0 spiro atoms. The van der Waals surface area contributed by atoms with E-state index < -0.39 is 0 Å². The molecule has 0 bridgehead atoms. The minimum Gasteiger partial charge on any atom is -0.507 e. The van der Waals surface area contributed by atoms with Crippen LogP contribution in [0.3, 0.4) is 0 Å². The molecule has 0 amide bonds. The van der Waals surface area contributed by atoms with E-state index in [2.05, 4.69) is 21.9 Å². The fourth-order valence-corrected chi connectivity index (χ4v) is 2.46. The number of phenolic OH excluding ortho intramolecular Hbond substituents is 1. The van der Waals surface area contributed by atoms with Gasteiger partial charge in [-0.05, 0) is 42.8 Å². The van der Waals surface area contributed by atoms with Gasteiger partial charge in [0.2, 0.25) is 0 Å². The molecule has 0 radical (unpaired) electrons. The van der Waals surface area contributed by atoms with Crippen LogP contribution in [0.1, 0.15) is 12.6 Å². The van der Waals surface area contributed by atoms with Gasteiger partial charge < -0.3 is 5.11 Å². The third kappa shape index (κ3) is 3.72. The fraction of sp³-hybridized carbons (Fsp3) is 0.0500. The first-order valence-corrected chi connectivity index (χ1v) is 7.81. The highest BCUT2D eigenvalue weighted by Crippen LogP contribution is 2.31. The number of hydrogen-bond donors (Lipinski definition) is 1. The Morgan fingerprint density at radius 2 is 1.84 bits per heavy atom. The second kappa shape index (κ2) is 7.40. The average Bonchev–Trinajstić information content (AvgIpc) is 2.67. The van der Waals surface area contributed by atoms with Gasteiger partial charge in [-0.2, -0.15) is 15.3 Å². The van der Waals surface area contributed by atoms with Gasteiger partial charge in [0.25, 0.3) is 0 Å². The van der Waals surface area contributed by atoms with Crippen molar-refractivity contribution in [1.82, 2.24) is 4.98 Å². The van der Waals surface area contributed by atoms with Crippen LogP contribution in [0.5, 0.6) is 5.75 Å². The smallest absolute Gasteiger partial charge is 0.123 e. The van der Waals surface area contributed by atoms with E-state index in [-0.39, 0.29) is 5.75 Å². The third-order valence-corrected chi connectivity index (χ3v) is 3.71. The Morgan fingerprint density at radius 1 is 1.04 bits per heavy atom. The summed E-state index contributed by atoms with van der Waals surface area (Å²) >= 11 is 0. The van der Waals surface area contributed by atoms with E-state index in [9.17, 15) is 5.11 Å². The standard InChI is InChI=1S/C20H18N4O/c1-15(19-11-5-6-13-22-19)23-24(21-2)17-9-7-8-16(14-17)18-10-3-4-12-20(18)25/h3-14,25H,2H2,1H3/b23-15+. The monoisotopic (exact) mass is 330 g/mol. The van der Waals surface area contributed by atoms with Crippen LogP contribution in [0.15, 0.2) is 83.1 Å². The van der Waals surface area contributed by atoms with Gasteiger partial charge in [0, 0.05) is 18.5 Å². The van der Waals surface area contributed by atoms with Crippen LogP contribution in [0.25, 0.3) is 11.1 Å². The minimum absolute atomic E-state index is 0.228. The summed E-state index contributed by atoms with van der Waals surface area (Å²) in [6.45, 7) is 5.47. The van der Waals surface area contributed by atoms with Crippen molar-refractivity contribution >= 4 is 18.1 Å². The maximum Gasteiger partial charge on any atom is 0.123 e. The topological polar surface area (TPSA) is 61.1 Å². The van der Waals surface area contributed by atoms with Crippen molar-refractivity contribution in [3.8, 4) is 16.9 Å². The number of anilines is 1. The van der Waals surface area contributed by atoms with E-state index in [1.54, 1.807) is 18.3 Å². The summed E-state index contributed by atoms with van der Waals surface area (Å²) in [6.07, 6.45) is 1.72. The van der Waals surface area contributed by atoms with Gasteiger partial charge in [-0.25, -0.2) is 0 Å². The van der Waals surface area contributed by atoms with E-state index in [1.165, 1.54) is 5.12 Å². The SMILES string of the molecule is C=NN(/N=C(\C)c1ccccn1)c1cccc(-c2ccccc2O)c1. The molecule has 1 N–H and O–H groups in total. The first kappa shape index (κ1) is 16.4. The normalized spacial score (nSPS) is 11.2. The number of phenols is 1. The average molecular weight is 330 g/mol. The summed E-state index contributed by atoms with van der Waals surface area (Å²) in [6, 6.07) is 20.5. The molecule has 0 fully saturated rings. The van der Waals surface area contributed by atoms with Gasteiger partial charge in [0.1, 0.15) is 5.75 Å². The van der Waals surface area contributed by atoms with Gasteiger partial charge >= 0.3 is 0 Å². The minimum atomic E-state index is 0.228. The summed E-state index contributed by atoms with van der Waals surface area (Å²) in [5, 5.41) is 20.0. The molecule has 0 aliphatic heterocycles. The molecule has 5 nitrogen and oxygen atoms in total. The molecule has 2 aromatic carbocycles. The van der Waals surface area contributed by atoms with Crippen LogP contribution in [-0.2, 0) is 0 Å². The number of aromatic hydroxyl groups is 1. The largest absolute Gasteiger partial charge is 0.507 e. The number of para-hydroxylation sites is 1. The number of aromatic nitrogens is 1. The summed E-state index contributed by atoms with van der Waals surface area (Å²) in [5.41, 5.74) is 3.86. The second-order valence-electron chi connectivity index (χ2n) is 5.40. The highest BCUT2D eigenvalue weighted by molar-refractivity contribution is 5.97. The van der Waals surface area contributed by atoms with Crippen LogP contribution in [-0.4, -0.2) is 22.5 Å². The van der Waals surface area contributed by atoms with Crippen LogP contribution < -0.4 is 5.12 Å². The predicted octanol–water partition coefficient (Wildman–Crippen LogP) is 4.30. The van der Waals surface area contributed by atoms with E-state index in [0.29, 0.717) is 0 Å². The molecule has 25 heavy (non-hydrogen) atoms. The molecule has 0 saturated carbocycles. The highest BCUT2D eigenvalue weighted by atomic mass is 16.3. The Bertz CT molecular complexity index is 906. The number of nitrogens with zero attached hydrogens (tertiary/aromatic N) is 4. The quantitative estimate of drug-likeness (QED) is 0.560. The molecule has 0 unspecified atom stereocenters. The van der Waals surface area contributed by atoms with Crippen molar-refractivity contribution in [2.45, 2.75) is 6.92 Å². The van der Waals surface area contributed by atoms with Crippen molar-refractivity contribution in [2.75, 3.05) is 5.12 Å². The molecule has 0 saturated heterocycles. The number of rotatable bonds is 5. The van der Waals surface area contributed by atoms with Gasteiger partial charge in [-0.1, -0.05) is 36.4 Å². The molecule has 0 aliphatic carbocycles. The number of hydrazone groups is 2. The first-order chi connectivity index (χ1) is 12.2. The number of pyridine rings is 1. The Labute approximate surface area is 146 Å². The summed E-state index contributed by atoms with van der Waals surface area (Å²) in [7, 11) is 0. The summed E-state index contributed by atoms with van der Waals surface area (Å²) in [5.74, 6) is 0.228. The van der Waals surface area contributed by atoms with Gasteiger partial charge in [0.05, 0.1) is 17.1 Å². The van der Waals surface area contributed by atoms with Crippen molar-refractivity contribution < 1.29 is 5.11 Å². The van der Waals surface area contributed by atoms with Gasteiger partial charge in [-0.3, -0.25) is 4.98 Å². The lowest BCUT2D eigenvalue weighted by Gasteiger charge is -2.15. The molecule has 3 aromatic rings. The second-order valence-corrected chi connectivity index (χ2v) is 5.40. The lowest BCUT2D eigenvalue weighted by Crippen LogP contribution is -2.12. The van der Waals surface area contributed by atoms with Gasteiger partial charge in [-0.15, -0.1) is 0 Å². The van der Waals surface area contributed by atoms with Crippen LogP contribution in [0.4, 0.5) is 5.69 Å². The zero-order chi connectivity index (χ0) is 17.6. The Hall–Kier alpha value is -3.47. The molecule has 1 heterocycles.